The van der Waals surface area contributed by atoms with Crippen LogP contribution >= 0.6 is 39.3 Å². The van der Waals surface area contributed by atoms with Crippen LogP contribution in [0.5, 0.6) is 0 Å². The molecule has 1 aromatic carbocycles. The van der Waals surface area contributed by atoms with Crippen molar-refractivity contribution in [3.63, 3.8) is 0 Å². The first-order chi connectivity index (χ1) is 8.06. The third-order valence-electron chi connectivity index (χ3n) is 2.62. The number of anilines is 1. The van der Waals surface area contributed by atoms with Crippen LogP contribution in [0.15, 0.2) is 27.7 Å². The standard InChI is InChI=1S/C12H14BrClN2S/c1-7(2)11-6-17-12(16-11)15-10-4-3-8(13)5-9(10)14/h3-5,7,11H,6H2,1-2H3,(H,15,16)/t11-/m0/s1. The normalized spacial score (nSPS) is 19.6. The molecule has 1 aliphatic heterocycles. The van der Waals surface area contributed by atoms with Crippen molar-refractivity contribution < 1.29 is 0 Å². The maximum absolute atomic E-state index is 6.15. The average molecular weight is 334 g/mol. The topological polar surface area (TPSA) is 24.4 Å². The summed E-state index contributed by atoms with van der Waals surface area (Å²) in [7, 11) is 0. The zero-order valence-electron chi connectivity index (χ0n) is 9.71. The molecular formula is C12H14BrClN2S. The van der Waals surface area contributed by atoms with Crippen molar-refractivity contribution in [3.8, 4) is 0 Å². The minimum atomic E-state index is 0.414. The van der Waals surface area contributed by atoms with Gasteiger partial charge in [0, 0.05) is 10.2 Å². The smallest absolute Gasteiger partial charge is 0.161 e. The minimum absolute atomic E-state index is 0.414. The largest absolute Gasteiger partial charge is 0.334 e. The van der Waals surface area contributed by atoms with Gasteiger partial charge in [0.25, 0.3) is 0 Å². The molecule has 1 aliphatic rings. The second-order valence-electron chi connectivity index (χ2n) is 4.31. The lowest BCUT2D eigenvalue weighted by molar-refractivity contribution is 0.543. The minimum Gasteiger partial charge on any atom is -0.334 e. The molecule has 0 aliphatic carbocycles. The number of halogens is 2. The Hall–Kier alpha value is -0.190. The van der Waals surface area contributed by atoms with Crippen LogP contribution in [0.3, 0.4) is 0 Å². The maximum Gasteiger partial charge on any atom is 0.161 e. The van der Waals surface area contributed by atoms with Gasteiger partial charge in [-0.15, -0.1) is 0 Å². The van der Waals surface area contributed by atoms with E-state index >= 15 is 0 Å². The Morgan fingerprint density at radius 2 is 2.29 bits per heavy atom. The molecule has 0 unspecified atom stereocenters. The fourth-order valence-corrected chi connectivity index (χ4v) is 3.41. The lowest BCUT2D eigenvalue weighted by Crippen LogP contribution is -2.12. The molecule has 92 valence electrons. The van der Waals surface area contributed by atoms with E-state index in [4.69, 9.17) is 11.6 Å². The monoisotopic (exact) mass is 332 g/mol. The molecular weight excluding hydrogens is 320 g/mol. The zero-order chi connectivity index (χ0) is 12.4. The first-order valence-corrected chi connectivity index (χ1v) is 7.64. The molecule has 17 heavy (non-hydrogen) atoms. The van der Waals surface area contributed by atoms with E-state index in [0.29, 0.717) is 17.0 Å². The molecule has 0 spiro atoms. The number of benzene rings is 1. The first kappa shape index (κ1) is 13.2. The summed E-state index contributed by atoms with van der Waals surface area (Å²) in [6.07, 6.45) is 0. The molecule has 0 saturated heterocycles. The molecule has 1 aromatic rings. The molecule has 0 bridgehead atoms. The van der Waals surface area contributed by atoms with E-state index in [0.717, 1.165) is 21.1 Å². The third kappa shape index (κ3) is 3.39. The second-order valence-corrected chi connectivity index (χ2v) is 6.64. The summed E-state index contributed by atoms with van der Waals surface area (Å²) in [6, 6.07) is 6.22. The van der Waals surface area contributed by atoms with Gasteiger partial charge in [-0.1, -0.05) is 53.1 Å². The molecule has 0 fully saturated rings. The van der Waals surface area contributed by atoms with E-state index in [1.807, 2.05) is 18.2 Å². The van der Waals surface area contributed by atoms with Crippen molar-refractivity contribution in [2.45, 2.75) is 19.9 Å². The van der Waals surface area contributed by atoms with Crippen molar-refractivity contribution in [1.29, 1.82) is 0 Å². The number of nitrogens with one attached hydrogen (secondary N) is 1. The van der Waals surface area contributed by atoms with Crippen LogP contribution in [-0.4, -0.2) is 17.0 Å². The molecule has 5 heteroatoms. The Balaban J connectivity index is 2.09. The van der Waals surface area contributed by atoms with Crippen molar-refractivity contribution in [2.75, 3.05) is 11.1 Å². The second kappa shape index (κ2) is 5.63. The van der Waals surface area contributed by atoms with E-state index in [9.17, 15) is 0 Å². The van der Waals surface area contributed by atoms with Gasteiger partial charge in [0.15, 0.2) is 5.17 Å². The van der Waals surface area contributed by atoms with Gasteiger partial charge >= 0.3 is 0 Å². The van der Waals surface area contributed by atoms with Gasteiger partial charge in [-0.2, -0.15) is 0 Å². The Morgan fingerprint density at radius 1 is 1.53 bits per heavy atom. The van der Waals surface area contributed by atoms with Crippen LogP contribution in [0.25, 0.3) is 0 Å². The number of amidine groups is 1. The lowest BCUT2D eigenvalue weighted by atomic mass is 10.1. The summed E-state index contributed by atoms with van der Waals surface area (Å²) in [5, 5.41) is 4.95. The van der Waals surface area contributed by atoms with Crippen molar-refractivity contribution >= 4 is 50.1 Å². The van der Waals surface area contributed by atoms with Crippen LogP contribution in [0, 0.1) is 5.92 Å². The molecule has 0 saturated carbocycles. The quantitative estimate of drug-likeness (QED) is 0.852. The maximum atomic E-state index is 6.15. The molecule has 0 radical (unpaired) electrons. The lowest BCUT2D eigenvalue weighted by Gasteiger charge is -2.08. The van der Waals surface area contributed by atoms with E-state index < -0.39 is 0 Å². The number of hydrogen-bond donors (Lipinski definition) is 1. The molecule has 2 nitrogen and oxygen atoms in total. The number of nitrogens with zero attached hydrogens (tertiary/aromatic N) is 1. The number of thioether (sulfide) groups is 1. The van der Waals surface area contributed by atoms with Gasteiger partial charge < -0.3 is 5.32 Å². The highest BCUT2D eigenvalue weighted by Gasteiger charge is 2.21. The SMILES string of the molecule is CC(C)[C@@H]1CSC(Nc2ccc(Br)cc2Cl)=N1. The highest BCUT2D eigenvalue weighted by Crippen LogP contribution is 2.29. The highest BCUT2D eigenvalue weighted by atomic mass is 79.9. The molecule has 0 aromatic heterocycles. The number of rotatable bonds is 2. The van der Waals surface area contributed by atoms with Crippen molar-refractivity contribution in [2.24, 2.45) is 10.9 Å². The Bertz CT molecular complexity index is 448. The number of aliphatic imine (C=N–C) groups is 1. The predicted octanol–water partition coefficient (Wildman–Crippen LogP) is 4.64. The molecule has 1 atom stereocenters. The predicted molar refractivity (Wildman–Crippen MR) is 81.3 cm³/mol. The first-order valence-electron chi connectivity index (χ1n) is 5.49. The summed E-state index contributed by atoms with van der Waals surface area (Å²) in [4.78, 5) is 4.64. The summed E-state index contributed by atoms with van der Waals surface area (Å²) in [5.41, 5.74) is 0.908. The molecule has 1 N–H and O–H groups in total. The number of hydrogen-bond acceptors (Lipinski definition) is 3. The van der Waals surface area contributed by atoms with E-state index in [-0.39, 0.29) is 0 Å². The fourth-order valence-electron chi connectivity index (χ4n) is 1.51. The van der Waals surface area contributed by atoms with Crippen LogP contribution < -0.4 is 5.32 Å². The molecule has 1 heterocycles. The van der Waals surface area contributed by atoms with Gasteiger partial charge in [0.2, 0.25) is 0 Å². The van der Waals surface area contributed by atoms with Crippen LogP contribution in [0.1, 0.15) is 13.8 Å². The Kier molecular flexibility index (Phi) is 4.39. The van der Waals surface area contributed by atoms with Gasteiger partial charge in [-0.25, -0.2) is 0 Å². The van der Waals surface area contributed by atoms with Gasteiger partial charge in [0.05, 0.1) is 16.8 Å². The zero-order valence-corrected chi connectivity index (χ0v) is 12.9. The molecule has 0 amide bonds. The molecule has 2 rings (SSSR count). The third-order valence-corrected chi connectivity index (χ3v) is 4.41. The van der Waals surface area contributed by atoms with E-state index in [2.05, 4.69) is 40.1 Å². The van der Waals surface area contributed by atoms with Gasteiger partial charge in [0.1, 0.15) is 0 Å². The fraction of sp³-hybridized carbons (Fsp3) is 0.417. The summed E-state index contributed by atoms with van der Waals surface area (Å²) in [5.74, 6) is 1.64. The van der Waals surface area contributed by atoms with Crippen LogP contribution in [0.4, 0.5) is 5.69 Å². The van der Waals surface area contributed by atoms with Crippen LogP contribution in [-0.2, 0) is 0 Å². The Labute approximate surface area is 119 Å². The Morgan fingerprint density at radius 3 is 2.88 bits per heavy atom. The van der Waals surface area contributed by atoms with E-state index in [1.54, 1.807) is 11.8 Å². The van der Waals surface area contributed by atoms with Gasteiger partial charge in [-0.05, 0) is 24.1 Å². The summed E-state index contributed by atoms with van der Waals surface area (Å²) >= 11 is 11.3. The van der Waals surface area contributed by atoms with E-state index in [1.165, 1.54) is 0 Å². The average Bonchev–Trinajstić information content (AvgIpc) is 2.71. The summed E-state index contributed by atoms with van der Waals surface area (Å²) in [6.45, 7) is 4.40. The summed E-state index contributed by atoms with van der Waals surface area (Å²) < 4.78 is 0.981. The van der Waals surface area contributed by atoms with Crippen molar-refractivity contribution in [3.05, 3.63) is 27.7 Å². The van der Waals surface area contributed by atoms with Crippen molar-refractivity contribution in [1.82, 2.24) is 0 Å². The van der Waals surface area contributed by atoms with Crippen LogP contribution in [0.2, 0.25) is 5.02 Å². The van der Waals surface area contributed by atoms with Gasteiger partial charge in [-0.3, -0.25) is 4.99 Å². The highest BCUT2D eigenvalue weighted by molar-refractivity contribution is 9.10.